The van der Waals surface area contributed by atoms with Crippen LogP contribution in [0.5, 0.6) is 5.88 Å². The predicted molar refractivity (Wildman–Crippen MR) is 76.7 cm³/mol. The lowest BCUT2D eigenvalue weighted by molar-refractivity contribution is 0.397. The van der Waals surface area contributed by atoms with Crippen molar-refractivity contribution >= 4 is 17.3 Å². The number of benzene rings is 1. The van der Waals surface area contributed by atoms with Gasteiger partial charge in [0.2, 0.25) is 11.7 Å². The Hall–Kier alpha value is -2.67. The first-order valence-corrected chi connectivity index (χ1v) is 6.30. The van der Waals surface area contributed by atoms with Gasteiger partial charge < -0.3 is 15.0 Å². The molecule has 7 nitrogen and oxygen atoms in total. The smallest absolute Gasteiger partial charge is 0.258 e. The number of ether oxygens (including phenoxy) is 1. The van der Waals surface area contributed by atoms with Gasteiger partial charge >= 0.3 is 0 Å². The van der Waals surface area contributed by atoms with Crippen molar-refractivity contribution in [3.05, 3.63) is 35.6 Å². The molecule has 0 saturated heterocycles. The number of halogens is 1. The highest BCUT2D eigenvalue weighted by molar-refractivity contribution is 6.33. The van der Waals surface area contributed by atoms with Gasteiger partial charge in [0, 0.05) is 11.6 Å². The number of anilines is 1. The van der Waals surface area contributed by atoms with Crippen molar-refractivity contribution in [1.29, 1.82) is 0 Å². The van der Waals surface area contributed by atoms with Gasteiger partial charge in [-0.3, -0.25) is 0 Å². The zero-order valence-electron chi connectivity index (χ0n) is 10.9. The molecule has 106 valence electrons. The zero-order valence-corrected chi connectivity index (χ0v) is 11.7. The van der Waals surface area contributed by atoms with Gasteiger partial charge in [-0.05, 0) is 18.2 Å². The molecule has 0 radical (unpaired) electrons. The van der Waals surface area contributed by atoms with E-state index in [9.17, 15) is 0 Å². The van der Waals surface area contributed by atoms with E-state index in [4.69, 9.17) is 26.6 Å². The van der Waals surface area contributed by atoms with Crippen LogP contribution in [0.1, 0.15) is 0 Å². The zero-order chi connectivity index (χ0) is 14.8. The van der Waals surface area contributed by atoms with Crippen LogP contribution in [0, 0.1) is 0 Å². The quantitative estimate of drug-likeness (QED) is 0.742. The van der Waals surface area contributed by atoms with Crippen molar-refractivity contribution in [1.82, 2.24) is 20.1 Å². The molecule has 0 aliphatic carbocycles. The van der Waals surface area contributed by atoms with E-state index >= 15 is 0 Å². The molecule has 0 amide bonds. The molecule has 3 aromatic rings. The van der Waals surface area contributed by atoms with Crippen molar-refractivity contribution in [2.24, 2.45) is 0 Å². The van der Waals surface area contributed by atoms with Crippen molar-refractivity contribution < 1.29 is 9.26 Å². The molecule has 0 spiro atoms. The van der Waals surface area contributed by atoms with Crippen LogP contribution in [-0.4, -0.2) is 27.2 Å². The molecular formula is C13H10ClN5O2. The molecule has 2 heterocycles. The molecule has 8 heteroatoms. The van der Waals surface area contributed by atoms with Gasteiger partial charge in [-0.2, -0.15) is 4.98 Å². The number of methoxy groups -OCH3 is 1. The summed E-state index contributed by atoms with van der Waals surface area (Å²) in [6, 6.07) is 6.70. The first kappa shape index (κ1) is 13.3. The van der Waals surface area contributed by atoms with Gasteiger partial charge in [0.15, 0.2) is 0 Å². The van der Waals surface area contributed by atoms with Crippen molar-refractivity contribution in [2.45, 2.75) is 0 Å². The van der Waals surface area contributed by atoms with Gasteiger partial charge in [-0.1, -0.05) is 16.8 Å². The Balaban J connectivity index is 1.97. The molecule has 21 heavy (non-hydrogen) atoms. The largest absolute Gasteiger partial charge is 0.481 e. The summed E-state index contributed by atoms with van der Waals surface area (Å²) < 4.78 is 10.2. The predicted octanol–water partition coefficient (Wildman–Crippen LogP) is 2.44. The van der Waals surface area contributed by atoms with E-state index in [2.05, 4.69) is 20.1 Å². The molecule has 3 rings (SSSR count). The van der Waals surface area contributed by atoms with E-state index in [0.29, 0.717) is 39.6 Å². The Morgan fingerprint density at radius 2 is 2.10 bits per heavy atom. The first-order valence-electron chi connectivity index (χ1n) is 5.93. The van der Waals surface area contributed by atoms with Crippen LogP contribution in [0.2, 0.25) is 5.02 Å². The Morgan fingerprint density at radius 3 is 2.86 bits per heavy atom. The van der Waals surface area contributed by atoms with E-state index in [-0.39, 0.29) is 0 Å². The Kier molecular flexibility index (Phi) is 3.41. The summed E-state index contributed by atoms with van der Waals surface area (Å²) in [4.78, 5) is 12.3. The number of rotatable bonds is 3. The fourth-order valence-electron chi connectivity index (χ4n) is 1.68. The molecule has 0 fully saturated rings. The summed E-state index contributed by atoms with van der Waals surface area (Å²) in [5.41, 5.74) is 7.33. The summed E-state index contributed by atoms with van der Waals surface area (Å²) in [5, 5.41) is 4.31. The van der Waals surface area contributed by atoms with Crippen molar-refractivity contribution in [2.75, 3.05) is 12.8 Å². The minimum Gasteiger partial charge on any atom is -0.481 e. The molecule has 0 aliphatic heterocycles. The maximum Gasteiger partial charge on any atom is 0.258 e. The van der Waals surface area contributed by atoms with E-state index in [0.717, 1.165) is 0 Å². The minimum atomic E-state index is 0.324. The second-order valence-corrected chi connectivity index (χ2v) is 4.51. The molecule has 0 atom stereocenters. The van der Waals surface area contributed by atoms with E-state index in [1.54, 1.807) is 24.3 Å². The maximum atomic E-state index is 5.98. The molecule has 1 aromatic carbocycles. The average Bonchev–Trinajstić information content (AvgIpc) is 3.00. The van der Waals surface area contributed by atoms with Crippen LogP contribution in [0.15, 0.2) is 35.1 Å². The molecule has 0 saturated carbocycles. The summed E-state index contributed by atoms with van der Waals surface area (Å²) in [5.74, 6) is 1.07. The third kappa shape index (κ3) is 2.63. The summed E-state index contributed by atoms with van der Waals surface area (Å²) in [7, 11) is 1.52. The third-order valence-electron chi connectivity index (χ3n) is 2.75. The van der Waals surface area contributed by atoms with Gasteiger partial charge in [-0.15, -0.1) is 0 Å². The van der Waals surface area contributed by atoms with Crippen LogP contribution < -0.4 is 10.5 Å². The number of nitrogens with zero attached hydrogens (tertiary/aromatic N) is 4. The number of nitrogen functional groups attached to an aromatic ring is 1. The fraction of sp³-hybridized carbons (Fsp3) is 0.0769. The van der Waals surface area contributed by atoms with E-state index < -0.39 is 0 Å². The van der Waals surface area contributed by atoms with Gasteiger partial charge in [0.05, 0.1) is 17.8 Å². The summed E-state index contributed by atoms with van der Waals surface area (Å²) >= 11 is 5.98. The number of nitrogens with two attached hydrogens (primary N) is 1. The van der Waals surface area contributed by atoms with Gasteiger partial charge in [-0.25, -0.2) is 9.97 Å². The van der Waals surface area contributed by atoms with Crippen molar-refractivity contribution in [3.8, 4) is 28.9 Å². The average molecular weight is 304 g/mol. The Bertz CT molecular complexity index is 790. The van der Waals surface area contributed by atoms with Crippen LogP contribution in [-0.2, 0) is 0 Å². The third-order valence-corrected chi connectivity index (χ3v) is 3.08. The first-order chi connectivity index (χ1) is 10.2. The monoisotopic (exact) mass is 303 g/mol. The standard InChI is InChI=1S/C13H10ClN5O2/c1-20-11-5-10(16-6-17-11)12-18-13(21-19-12)7-2-3-9(15)8(14)4-7/h2-6H,15H2,1H3. The highest BCUT2D eigenvalue weighted by atomic mass is 35.5. The molecule has 2 aromatic heterocycles. The molecule has 0 aliphatic rings. The molecule has 0 bridgehead atoms. The van der Waals surface area contributed by atoms with Crippen LogP contribution in [0.4, 0.5) is 5.69 Å². The van der Waals surface area contributed by atoms with Crippen molar-refractivity contribution in [3.63, 3.8) is 0 Å². The fourth-order valence-corrected chi connectivity index (χ4v) is 1.86. The molecule has 0 unspecified atom stereocenters. The number of aromatic nitrogens is 4. The van der Waals surface area contributed by atoms with Gasteiger partial charge in [0.1, 0.15) is 12.0 Å². The summed E-state index contributed by atoms with van der Waals surface area (Å²) in [6.07, 6.45) is 1.37. The number of hydrogen-bond acceptors (Lipinski definition) is 7. The lowest BCUT2D eigenvalue weighted by atomic mass is 10.2. The second-order valence-electron chi connectivity index (χ2n) is 4.11. The molecular weight excluding hydrogens is 294 g/mol. The highest BCUT2D eigenvalue weighted by Crippen LogP contribution is 2.27. The SMILES string of the molecule is COc1cc(-c2noc(-c3ccc(N)c(Cl)c3)n2)ncn1. The van der Waals surface area contributed by atoms with Crippen LogP contribution in [0.25, 0.3) is 23.0 Å². The topological polar surface area (TPSA) is 100.0 Å². The Morgan fingerprint density at radius 1 is 1.24 bits per heavy atom. The van der Waals surface area contributed by atoms with E-state index in [1.165, 1.54) is 13.4 Å². The van der Waals surface area contributed by atoms with Crippen LogP contribution >= 0.6 is 11.6 Å². The number of hydrogen-bond donors (Lipinski definition) is 1. The normalized spacial score (nSPS) is 10.6. The molecule has 2 N–H and O–H groups in total. The Labute approximate surface area is 124 Å². The second kappa shape index (κ2) is 5.37. The van der Waals surface area contributed by atoms with E-state index in [1.807, 2.05) is 0 Å². The minimum absolute atomic E-state index is 0.324. The summed E-state index contributed by atoms with van der Waals surface area (Å²) in [6.45, 7) is 0. The van der Waals surface area contributed by atoms with Gasteiger partial charge in [0.25, 0.3) is 5.89 Å². The lowest BCUT2D eigenvalue weighted by Gasteiger charge is -1.99. The lowest BCUT2D eigenvalue weighted by Crippen LogP contribution is -1.92. The highest BCUT2D eigenvalue weighted by Gasteiger charge is 2.13. The van der Waals surface area contributed by atoms with Crippen LogP contribution in [0.3, 0.4) is 0 Å². The maximum absolute atomic E-state index is 5.98.